The van der Waals surface area contributed by atoms with Gasteiger partial charge in [0, 0.05) is 42.1 Å². The zero-order chi connectivity index (χ0) is 20.1. The summed E-state index contributed by atoms with van der Waals surface area (Å²) in [6, 6.07) is 3.29. The summed E-state index contributed by atoms with van der Waals surface area (Å²) in [5, 5.41) is 11.4. The largest absolute Gasteiger partial charge is 0.356 e. The Hall–Kier alpha value is -3.39. The molecular formula is C17H23N7O3. The van der Waals surface area contributed by atoms with Crippen molar-refractivity contribution < 1.29 is 14.4 Å². The first-order chi connectivity index (χ1) is 12.9. The average molecular weight is 373 g/mol. The monoisotopic (exact) mass is 373 g/mol. The number of nitrogens with zero attached hydrogens (tertiary/aromatic N) is 4. The van der Waals surface area contributed by atoms with Crippen LogP contribution >= 0.6 is 0 Å². The molecule has 0 fully saturated rings. The maximum atomic E-state index is 11.8. The number of carbonyl (C=O) groups is 3. The predicted molar refractivity (Wildman–Crippen MR) is 100 cm³/mol. The number of aromatic nitrogens is 1. The van der Waals surface area contributed by atoms with Gasteiger partial charge in [-0.25, -0.2) is 0 Å². The Kier molecular flexibility index (Phi) is 9.66. The van der Waals surface area contributed by atoms with Crippen LogP contribution in [0.15, 0.2) is 35.6 Å². The van der Waals surface area contributed by atoms with Crippen LogP contribution < -0.4 is 16.0 Å². The molecule has 10 heteroatoms. The van der Waals surface area contributed by atoms with Gasteiger partial charge in [-0.3, -0.25) is 19.4 Å². The number of carbonyl (C=O) groups excluding carboxylic acids is 3. The molecule has 0 aliphatic heterocycles. The van der Waals surface area contributed by atoms with E-state index in [1.54, 1.807) is 19.1 Å². The van der Waals surface area contributed by atoms with Crippen LogP contribution in [0.4, 0.5) is 5.69 Å². The highest BCUT2D eigenvalue weighted by Gasteiger charge is 2.07. The minimum atomic E-state index is -0.302. The van der Waals surface area contributed by atoms with Crippen molar-refractivity contribution in [2.45, 2.75) is 32.7 Å². The van der Waals surface area contributed by atoms with Crippen molar-refractivity contribution in [3.8, 4) is 0 Å². The van der Waals surface area contributed by atoms with E-state index in [1.165, 1.54) is 6.20 Å². The second-order valence-electron chi connectivity index (χ2n) is 5.72. The molecule has 0 bridgehead atoms. The van der Waals surface area contributed by atoms with Crippen LogP contribution in [0.1, 0.15) is 31.9 Å². The first-order valence-corrected chi connectivity index (χ1v) is 8.38. The number of anilines is 1. The lowest BCUT2D eigenvalue weighted by molar-refractivity contribution is -0.124. The second kappa shape index (κ2) is 12.0. The van der Waals surface area contributed by atoms with E-state index in [2.05, 4.69) is 37.5 Å². The molecule has 0 atom stereocenters. The van der Waals surface area contributed by atoms with E-state index in [4.69, 9.17) is 5.53 Å². The summed E-state index contributed by atoms with van der Waals surface area (Å²) >= 11 is 0. The molecule has 27 heavy (non-hydrogen) atoms. The maximum Gasteiger partial charge on any atom is 0.246 e. The molecule has 144 valence electrons. The summed E-state index contributed by atoms with van der Waals surface area (Å²) in [5.41, 5.74) is 9.77. The van der Waals surface area contributed by atoms with Crippen molar-refractivity contribution in [3.05, 3.63) is 46.6 Å². The lowest BCUT2D eigenvalue weighted by atomic mass is 10.2. The molecule has 3 amide bonds. The van der Waals surface area contributed by atoms with E-state index in [1.807, 2.05) is 0 Å². The Morgan fingerprint density at radius 3 is 2.52 bits per heavy atom. The molecule has 3 N–H and O–H groups in total. The van der Waals surface area contributed by atoms with Gasteiger partial charge in [-0.05, 0) is 31.0 Å². The molecule has 0 aliphatic carbocycles. The van der Waals surface area contributed by atoms with Crippen LogP contribution in [-0.2, 0) is 20.9 Å². The molecule has 0 radical (unpaired) electrons. The van der Waals surface area contributed by atoms with E-state index < -0.39 is 0 Å². The van der Waals surface area contributed by atoms with Crippen LogP contribution in [-0.4, -0.2) is 35.8 Å². The molecule has 1 aromatic heterocycles. The lowest BCUT2D eigenvalue weighted by Crippen LogP contribution is -2.30. The Morgan fingerprint density at radius 1 is 1.19 bits per heavy atom. The van der Waals surface area contributed by atoms with Gasteiger partial charge in [-0.1, -0.05) is 11.7 Å². The third-order valence-electron chi connectivity index (χ3n) is 3.33. The topological polar surface area (TPSA) is 149 Å². The molecule has 0 aliphatic rings. The minimum absolute atomic E-state index is 0.0404. The molecule has 0 spiro atoms. The highest BCUT2D eigenvalue weighted by atomic mass is 16.2. The Labute approximate surface area is 157 Å². The molecule has 10 nitrogen and oxygen atoms in total. The van der Waals surface area contributed by atoms with Gasteiger partial charge in [0.05, 0.1) is 18.4 Å². The van der Waals surface area contributed by atoms with Crippen molar-refractivity contribution in [3.63, 3.8) is 0 Å². The first-order valence-electron chi connectivity index (χ1n) is 8.38. The van der Waals surface area contributed by atoms with E-state index in [9.17, 15) is 14.4 Å². The summed E-state index contributed by atoms with van der Waals surface area (Å²) in [4.78, 5) is 41.5. The fourth-order valence-corrected chi connectivity index (χ4v) is 1.90. The number of amides is 3. The van der Waals surface area contributed by atoms with Crippen LogP contribution in [0.25, 0.3) is 10.4 Å². The number of pyridine rings is 1. The minimum Gasteiger partial charge on any atom is -0.356 e. The summed E-state index contributed by atoms with van der Waals surface area (Å²) < 4.78 is 0. The third-order valence-corrected chi connectivity index (χ3v) is 3.33. The van der Waals surface area contributed by atoms with Crippen LogP contribution in [0.2, 0.25) is 0 Å². The van der Waals surface area contributed by atoms with Gasteiger partial charge in [0.1, 0.15) is 0 Å². The SMILES string of the molecule is C=C(C)C(=O)NCCCNC(=O)CCC(=O)Nc1ccc(CN=[N+]=[N-])nc1. The molecule has 1 aromatic rings. The number of azide groups is 1. The van der Waals surface area contributed by atoms with Crippen molar-refractivity contribution in [2.24, 2.45) is 5.11 Å². The third kappa shape index (κ3) is 9.61. The summed E-state index contributed by atoms with van der Waals surface area (Å²) in [7, 11) is 0. The normalized spacial score (nSPS) is 9.67. The van der Waals surface area contributed by atoms with Crippen molar-refractivity contribution in [1.29, 1.82) is 0 Å². The van der Waals surface area contributed by atoms with Crippen molar-refractivity contribution in [2.75, 3.05) is 18.4 Å². The number of nitrogens with one attached hydrogen (secondary N) is 3. The van der Waals surface area contributed by atoms with Gasteiger partial charge < -0.3 is 16.0 Å². The smallest absolute Gasteiger partial charge is 0.246 e. The molecule has 0 saturated heterocycles. The Morgan fingerprint density at radius 2 is 1.89 bits per heavy atom. The van der Waals surface area contributed by atoms with E-state index in [0.29, 0.717) is 36.5 Å². The van der Waals surface area contributed by atoms with Crippen LogP contribution in [0, 0.1) is 0 Å². The van der Waals surface area contributed by atoms with E-state index >= 15 is 0 Å². The summed E-state index contributed by atoms with van der Waals surface area (Å²) in [6.07, 6.45) is 2.15. The van der Waals surface area contributed by atoms with E-state index in [-0.39, 0.29) is 37.1 Å². The average Bonchev–Trinajstić information content (AvgIpc) is 2.65. The van der Waals surface area contributed by atoms with Gasteiger partial charge in [0.15, 0.2) is 0 Å². The number of hydrogen-bond donors (Lipinski definition) is 3. The van der Waals surface area contributed by atoms with Crippen LogP contribution in [0.3, 0.4) is 0 Å². The lowest BCUT2D eigenvalue weighted by Gasteiger charge is -2.07. The number of hydrogen-bond acceptors (Lipinski definition) is 5. The van der Waals surface area contributed by atoms with Crippen molar-refractivity contribution >= 4 is 23.4 Å². The number of rotatable bonds is 11. The first kappa shape index (κ1) is 21.7. The van der Waals surface area contributed by atoms with Crippen molar-refractivity contribution in [1.82, 2.24) is 15.6 Å². The summed E-state index contributed by atoms with van der Waals surface area (Å²) in [5.74, 6) is -0.749. The standard InChI is InChI=1S/C17H23N7O3/c1-12(2)17(27)20-9-3-8-19-15(25)6-7-16(26)23-14-5-4-13(21-10-14)11-22-24-18/h4-5,10H,1,3,6-9,11H2,2H3,(H,19,25)(H,20,27)(H,23,26). The fraction of sp³-hybridized carbons (Fsp3) is 0.412. The molecule has 0 aromatic carbocycles. The maximum absolute atomic E-state index is 11.8. The molecule has 1 rings (SSSR count). The van der Waals surface area contributed by atoms with Gasteiger partial charge in [0.25, 0.3) is 0 Å². The van der Waals surface area contributed by atoms with Gasteiger partial charge in [-0.2, -0.15) is 0 Å². The van der Waals surface area contributed by atoms with Crippen LogP contribution in [0.5, 0.6) is 0 Å². The molecule has 0 unspecified atom stereocenters. The Balaban J connectivity index is 2.20. The summed E-state index contributed by atoms with van der Waals surface area (Å²) in [6.45, 7) is 6.14. The van der Waals surface area contributed by atoms with Gasteiger partial charge in [0.2, 0.25) is 17.7 Å². The van der Waals surface area contributed by atoms with E-state index in [0.717, 1.165) is 0 Å². The second-order valence-corrected chi connectivity index (χ2v) is 5.72. The quantitative estimate of drug-likeness (QED) is 0.178. The highest BCUT2D eigenvalue weighted by Crippen LogP contribution is 2.08. The van der Waals surface area contributed by atoms with Gasteiger partial charge >= 0.3 is 0 Å². The highest BCUT2D eigenvalue weighted by molar-refractivity contribution is 5.93. The van der Waals surface area contributed by atoms with Gasteiger partial charge in [-0.15, -0.1) is 0 Å². The molecular weight excluding hydrogens is 350 g/mol. The molecule has 1 heterocycles. The predicted octanol–water partition coefficient (Wildman–Crippen LogP) is 1.81. The molecule has 0 saturated carbocycles. The fourth-order valence-electron chi connectivity index (χ4n) is 1.90. The zero-order valence-corrected chi connectivity index (χ0v) is 15.2. The Bertz CT molecular complexity index is 725. The zero-order valence-electron chi connectivity index (χ0n) is 15.2.